The molecule has 3 rings (SSSR count). The largest absolute Gasteiger partial charge is 0.457 e. The van der Waals surface area contributed by atoms with Crippen molar-refractivity contribution < 1.29 is 27.2 Å². The van der Waals surface area contributed by atoms with Crippen molar-refractivity contribution in [3.63, 3.8) is 0 Å². The third-order valence-corrected chi connectivity index (χ3v) is 5.61. The molecule has 0 atom stereocenters. The predicted octanol–water partition coefficient (Wildman–Crippen LogP) is 3.10. The number of pyridine rings is 1. The van der Waals surface area contributed by atoms with E-state index in [0.717, 1.165) is 0 Å². The number of carbonyl (C=O) groups excluding carboxylic acids is 2. The van der Waals surface area contributed by atoms with Crippen molar-refractivity contribution in [2.45, 2.75) is 10.6 Å². The van der Waals surface area contributed by atoms with E-state index in [4.69, 9.17) is 20.8 Å². The fourth-order valence-electron chi connectivity index (χ4n) is 2.37. The third-order valence-electron chi connectivity index (χ3n) is 3.71. The zero-order chi connectivity index (χ0) is 20.9. The van der Waals surface area contributed by atoms with Gasteiger partial charge in [0.05, 0.1) is 21.9 Å². The highest BCUT2D eigenvalue weighted by molar-refractivity contribution is 7.90. The lowest BCUT2D eigenvalue weighted by Gasteiger charge is -2.07. The first kappa shape index (κ1) is 20.6. The summed E-state index contributed by atoms with van der Waals surface area (Å²) in [6.07, 6.45) is 2.54. The first-order valence-electron chi connectivity index (χ1n) is 8.28. The number of benzene rings is 1. The zero-order valence-corrected chi connectivity index (χ0v) is 16.4. The quantitative estimate of drug-likeness (QED) is 0.568. The normalized spacial score (nSPS) is 11.1. The van der Waals surface area contributed by atoms with Gasteiger partial charge in [-0.25, -0.2) is 18.2 Å². The van der Waals surface area contributed by atoms with Crippen LogP contribution in [0.5, 0.6) is 0 Å². The molecule has 3 aromatic rings. The summed E-state index contributed by atoms with van der Waals surface area (Å²) in [5.74, 6) is -2.06. The van der Waals surface area contributed by atoms with Crippen LogP contribution in [-0.4, -0.2) is 31.9 Å². The average molecular weight is 435 g/mol. The number of nitrogens with zero attached hydrogens (tertiary/aromatic N) is 1. The average Bonchev–Trinajstić information content (AvgIpc) is 3.16. The highest BCUT2D eigenvalue weighted by atomic mass is 35.5. The van der Waals surface area contributed by atoms with Gasteiger partial charge >= 0.3 is 5.97 Å². The maximum Gasteiger partial charge on any atom is 0.375 e. The number of nitrogens with one attached hydrogen (secondary N) is 1. The van der Waals surface area contributed by atoms with Crippen LogP contribution >= 0.6 is 11.6 Å². The van der Waals surface area contributed by atoms with Crippen LogP contribution < -0.4 is 5.32 Å². The Bertz CT molecular complexity index is 1110. The number of aromatic nitrogens is 1. The molecule has 0 saturated heterocycles. The Morgan fingerprint density at radius 3 is 2.55 bits per heavy atom. The van der Waals surface area contributed by atoms with Crippen LogP contribution in [0.2, 0.25) is 5.02 Å². The van der Waals surface area contributed by atoms with Gasteiger partial charge < -0.3 is 14.5 Å². The Hall–Kier alpha value is -3.17. The molecular weight excluding hydrogens is 420 g/mol. The molecule has 0 aliphatic carbocycles. The Morgan fingerprint density at radius 2 is 1.86 bits per heavy atom. The van der Waals surface area contributed by atoms with Crippen LogP contribution in [0.4, 0.5) is 5.82 Å². The van der Waals surface area contributed by atoms with Crippen molar-refractivity contribution in [3.05, 3.63) is 77.3 Å². The van der Waals surface area contributed by atoms with Crippen molar-refractivity contribution in [1.29, 1.82) is 0 Å². The van der Waals surface area contributed by atoms with E-state index in [1.807, 2.05) is 0 Å². The summed E-state index contributed by atoms with van der Waals surface area (Å²) in [6.45, 7) is -0.602. The van der Waals surface area contributed by atoms with E-state index in [1.54, 1.807) is 24.3 Å². The summed E-state index contributed by atoms with van der Waals surface area (Å²) in [5, 5.41) is 2.84. The molecule has 1 amide bonds. The number of ether oxygens (including phenoxy) is 1. The van der Waals surface area contributed by atoms with Gasteiger partial charge in [0.15, 0.2) is 16.4 Å². The molecule has 0 radical (unpaired) electrons. The molecule has 0 unspecified atom stereocenters. The molecule has 0 spiro atoms. The van der Waals surface area contributed by atoms with Crippen molar-refractivity contribution in [1.82, 2.24) is 4.98 Å². The second-order valence-corrected chi connectivity index (χ2v) is 8.26. The fraction of sp³-hybridized carbons (Fsp3) is 0.105. The molecule has 1 aromatic carbocycles. The lowest BCUT2D eigenvalue weighted by atomic mass is 10.3. The minimum Gasteiger partial charge on any atom is -0.457 e. The summed E-state index contributed by atoms with van der Waals surface area (Å²) in [5.41, 5.74) is 0.138. The van der Waals surface area contributed by atoms with Gasteiger partial charge in [-0.05, 0) is 30.3 Å². The zero-order valence-electron chi connectivity index (χ0n) is 14.9. The molecule has 0 saturated carbocycles. The number of carbonyl (C=O) groups is 2. The lowest BCUT2D eigenvalue weighted by Crippen LogP contribution is -2.21. The Balaban J connectivity index is 1.62. The highest BCUT2D eigenvalue weighted by Gasteiger charge is 2.24. The molecule has 1 N–H and O–H groups in total. The van der Waals surface area contributed by atoms with Crippen molar-refractivity contribution in [3.8, 4) is 0 Å². The molecular formula is C19H15ClN2O6S. The Labute approximate surface area is 171 Å². The number of furan rings is 1. The van der Waals surface area contributed by atoms with Gasteiger partial charge in [-0.1, -0.05) is 29.8 Å². The van der Waals surface area contributed by atoms with E-state index in [-0.39, 0.29) is 22.0 Å². The molecule has 150 valence electrons. The van der Waals surface area contributed by atoms with E-state index in [9.17, 15) is 18.0 Å². The first-order valence-corrected chi connectivity index (χ1v) is 10.3. The number of rotatable bonds is 7. The highest BCUT2D eigenvalue weighted by Crippen LogP contribution is 2.20. The topological polar surface area (TPSA) is 116 Å². The SMILES string of the molecule is O=C(COC(=O)c1occc1CS(=O)(=O)c1ccccc1)Nc1ccc(Cl)cn1. The maximum absolute atomic E-state index is 12.5. The molecule has 10 heteroatoms. The number of anilines is 1. The summed E-state index contributed by atoms with van der Waals surface area (Å²) in [6, 6.07) is 12.2. The number of halogens is 1. The summed E-state index contributed by atoms with van der Waals surface area (Å²) >= 11 is 5.71. The van der Waals surface area contributed by atoms with E-state index in [1.165, 1.54) is 36.7 Å². The lowest BCUT2D eigenvalue weighted by molar-refractivity contribution is -0.119. The van der Waals surface area contributed by atoms with Crippen molar-refractivity contribution in [2.24, 2.45) is 0 Å². The molecule has 0 aliphatic rings. The number of hydrogen-bond acceptors (Lipinski definition) is 7. The van der Waals surface area contributed by atoms with E-state index in [2.05, 4.69) is 10.3 Å². The summed E-state index contributed by atoms with van der Waals surface area (Å²) in [7, 11) is -3.68. The minimum absolute atomic E-state index is 0.121. The second-order valence-electron chi connectivity index (χ2n) is 5.83. The fourth-order valence-corrected chi connectivity index (χ4v) is 3.86. The van der Waals surface area contributed by atoms with Gasteiger partial charge in [0, 0.05) is 11.8 Å². The smallest absolute Gasteiger partial charge is 0.375 e. The second kappa shape index (κ2) is 8.89. The van der Waals surface area contributed by atoms with E-state index >= 15 is 0 Å². The molecule has 0 bridgehead atoms. The van der Waals surface area contributed by atoms with E-state index in [0.29, 0.717) is 5.02 Å². The summed E-state index contributed by atoms with van der Waals surface area (Å²) in [4.78, 5) is 28.1. The van der Waals surface area contributed by atoms with Crippen molar-refractivity contribution >= 4 is 39.1 Å². The maximum atomic E-state index is 12.5. The summed E-state index contributed by atoms with van der Waals surface area (Å²) < 4.78 is 35.0. The number of sulfone groups is 1. The van der Waals surface area contributed by atoms with Crippen LogP contribution in [0.3, 0.4) is 0 Å². The molecule has 2 heterocycles. The van der Waals surface area contributed by atoms with Crippen LogP contribution in [0, 0.1) is 0 Å². The standard InChI is InChI=1S/C19H15ClN2O6S/c20-14-6-7-16(21-10-14)22-17(23)11-28-19(24)18-13(8-9-27-18)12-29(25,26)15-4-2-1-3-5-15/h1-10H,11-12H2,(H,21,22,23). The molecule has 8 nitrogen and oxygen atoms in total. The van der Waals surface area contributed by atoms with Gasteiger partial charge in [0.25, 0.3) is 5.91 Å². The Morgan fingerprint density at radius 1 is 1.10 bits per heavy atom. The van der Waals surface area contributed by atoms with Gasteiger partial charge in [-0.2, -0.15) is 0 Å². The number of esters is 1. The predicted molar refractivity (Wildman–Crippen MR) is 104 cm³/mol. The van der Waals surface area contributed by atoms with E-state index < -0.39 is 34.1 Å². The van der Waals surface area contributed by atoms with Crippen molar-refractivity contribution in [2.75, 3.05) is 11.9 Å². The van der Waals surface area contributed by atoms with Crippen LogP contribution in [0.15, 0.2) is 70.3 Å². The number of hydrogen-bond donors (Lipinski definition) is 1. The van der Waals surface area contributed by atoms with Gasteiger partial charge in [-0.15, -0.1) is 0 Å². The third kappa shape index (κ3) is 5.43. The molecule has 2 aromatic heterocycles. The van der Waals surface area contributed by atoms with Crippen LogP contribution in [-0.2, 0) is 25.1 Å². The van der Waals surface area contributed by atoms with Gasteiger partial charge in [-0.3, -0.25) is 4.79 Å². The molecule has 29 heavy (non-hydrogen) atoms. The number of amides is 1. The molecule has 0 aliphatic heterocycles. The monoisotopic (exact) mass is 434 g/mol. The minimum atomic E-state index is -3.68. The van der Waals surface area contributed by atoms with Crippen LogP contribution in [0.25, 0.3) is 0 Å². The first-order chi connectivity index (χ1) is 13.8. The molecule has 0 fully saturated rings. The van der Waals surface area contributed by atoms with Gasteiger partial charge in [0.2, 0.25) is 5.76 Å². The Kier molecular flexibility index (Phi) is 6.30. The van der Waals surface area contributed by atoms with Gasteiger partial charge in [0.1, 0.15) is 5.82 Å². The van der Waals surface area contributed by atoms with Crippen LogP contribution in [0.1, 0.15) is 16.1 Å².